The molecule has 9 heteroatoms. The summed E-state index contributed by atoms with van der Waals surface area (Å²) in [6, 6.07) is 12.7. The van der Waals surface area contributed by atoms with Crippen molar-refractivity contribution in [3.05, 3.63) is 64.2 Å². The molecule has 2 heterocycles. The van der Waals surface area contributed by atoms with Gasteiger partial charge >= 0.3 is 5.97 Å². The van der Waals surface area contributed by atoms with Crippen LogP contribution in [0.15, 0.2) is 42.5 Å². The third-order valence-corrected chi connectivity index (χ3v) is 6.44. The Morgan fingerprint density at radius 3 is 2.58 bits per heavy atom. The molecule has 0 aromatic heterocycles. The van der Waals surface area contributed by atoms with Crippen LogP contribution in [0.5, 0.6) is 5.75 Å². The van der Waals surface area contributed by atoms with Gasteiger partial charge in [-0.2, -0.15) is 0 Å². The molecule has 4 rings (SSSR count). The summed E-state index contributed by atoms with van der Waals surface area (Å²) in [4.78, 5) is 11.8. The Kier molecular flexibility index (Phi) is 6.68. The molecule has 2 saturated heterocycles. The number of halogens is 1. The molecule has 0 spiro atoms. The molecule has 2 aromatic rings. The number of rotatable bonds is 7. The normalized spacial score (nSPS) is 30.8. The summed E-state index contributed by atoms with van der Waals surface area (Å²) in [6.45, 7) is 2.90. The van der Waals surface area contributed by atoms with Gasteiger partial charge in [-0.1, -0.05) is 29.8 Å². The van der Waals surface area contributed by atoms with Crippen molar-refractivity contribution >= 4 is 17.6 Å². The largest absolute Gasteiger partial charge is 0.494 e. The molecule has 2 bridgehead atoms. The molecule has 0 amide bonds. The number of ether oxygens (including phenoxy) is 4. The zero-order chi connectivity index (χ0) is 23.8. The molecule has 2 aliphatic rings. The first kappa shape index (κ1) is 23.9. The summed E-state index contributed by atoms with van der Waals surface area (Å²) in [6.07, 6.45) is -3.92. The number of aliphatic hydroxyl groups excluding tert-OH is 3. The molecular weight excluding hydrogens is 452 g/mol. The third kappa shape index (κ3) is 4.23. The summed E-state index contributed by atoms with van der Waals surface area (Å²) in [5, 5.41) is 31.8. The minimum Gasteiger partial charge on any atom is -0.494 e. The van der Waals surface area contributed by atoms with Crippen LogP contribution in [0.4, 0.5) is 0 Å². The van der Waals surface area contributed by atoms with Crippen LogP contribution in [-0.4, -0.2) is 65.0 Å². The number of fused-ring (bicyclic) bond motifs is 2. The van der Waals surface area contributed by atoms with Gasteiger partial charge in [0.2, 0.25) is 5.79 Å². The van der Waals surface area contributed by atoms with E-state index in [-0.39, 0.29) is 6.61 Å². The van der Waals surface area contributed by atoms with Crippen LogP contribution in [0.2, 0.25) is 5.02 Å². The fourth-order valence-corrected chi connectivity index (χ4v) is 4.58. The zero-order valence-electron chi connectivity index (χ0n) is 18.4. The molecule has 2 aliphatic heterocycles. The third-order valence-electron chi connectivity index (χ3n) is 6.07. The molecule has 3 N–H and O–H groups in total. The molecule has 2 fully saturated rings. The van der Waals surface area contributed by atoms with Gasteiger partial charge in [-0.05, 0) is 48.7 Å². The van der Waals surface area contributed by atoms with Crippen LogP contribution in [0.25, 0.3) is 0 Å². The Morgan fingerprint density at radius 1 is 1.21 bits per heavy atom. The van der Waals surface area contributed by atoms with Crippen LogP contribution < -0.4 is 4.74 Å². The molecule has 0 aliphatic carbocycles. The van der Waals surface area contributed by atoms with Gasteiger partial charge in [0.15, 0.2) is 6.10 Å². The maximum atomic E-state index is 11.8. The predicted molar refractivity (Wildman–Crippen MR) is 118 cm³/mol. The smallest absolute Gasteiger partial charge is 0.303 e. The number of carbonyl (C=O) groups excluding carboxylic acids is 1. The van der Waals surface area contributed by atoms with Gasteiger partial charge in [0, 0.05) is 17.5 Å². The minimum absolute atomic E-state index is 0.198. The van der Waals surface area contributed by atoms with Crippen LogP contribution in [0.1, 0.15) is 30.5 Å². The van der Waals surface area contributed by atoms with Crippen LogP contribution >= 0.6 is 11.6 Å². The van der Waals surface area contributed by atoms with Crippen LogP contribution in [0.3, 0.4) is 0 Å². The molecule has 0 saturated carbocycles. The van der Waals surface area contributed by atoms with Crippen molar-refractivity contribution in [3.63, 3.8) is 0 Å². The average Bonchev–Trinajstić information content (AvgIpc) is 3.18. The number of benzene rings is 2. The summed E-state index contributed by atoms with van der Waals surface area (Å²) < 4.78 is 22.9. The van der Waals surface area contributed by atoms with Crippen molar-refractivity contribution in [2.75, 3.05) is 19.8 Å². The molecule has 8 nitrogen and oxygen atoms in total. The fraction of sp³-hybridized carbons (Fsp3) is 0.458. The Labute approximate surface area is 196 Å². The highest BCUT2D eigenvalue weighted by atomic mass is 35.5. The predicted octanol–water partition coefficient (Wildman–Crippen LogP) is 1.93. The van der Waals surface area contributed by atoms with Crippen molar-refractivity contribution < 1.29 is 39.1 Å². The minimum atomic E-state index is -1.72. The van der Waals surface area contributed by atoms with Crippen molar-refractivity contribution in [3.8, 4) is 5.75 Å². The van der Waals surface area contributed by atoms with E-state index in [2.05, 4.69) is 0 Å². The second-order valence-electron chi connectivity index (χ2n) is 8.31. The van der Waals surface area contributed by atoms with E-state index in [4.69, 9.17) is 30.5 Å². The summed E-state index contributed by atoms with van der Waals surface area (Å²) >= 11 is 6.47. The zero-order valence-corrected chi connectivity index (χ0v) is 19.1. The van der Waals surface area contributed by atoms with Crippen LogP contribution in [0, 0.1) is 0 Å². The number of carbonyl (C=O) groups is 1. The van der Waals surface area contributed by atoms with Gasteiger partial charge < -0.3 is 34.3 Å². The standard InChI is InChI=1S/C24H27ClO8/c1-3-30-18-7-4-15(5-8-18)10-16-11-17(6-9-19(16)25)24-22(32-14(2)27)20(28)21(29)23(12-26,33-24)13-31-24/h4-9,11,20-22,26,28-29H,3,10,12-13H2,1-2H3/t20-,21-,22+,23-,24-/m0/s1. The maximum Gasteiger partial charge on any atom is 0.303 e. The average molecular weight is 479 g/mol. The fourth-order valence-electron chi connectivity index (χ4n) is 4.40. The first-order valence-electron chi connectivity index (χ1n) is 10.7. The van der Waals surface area contributed by atoms with E-state index in [0.29, 0.717) is 23.6 Å². The van der Waals surface area contributed by atoms with Crippen molar-refractivity contribution in [1.29, 1.82) is 0 Å². The van der Waals surface area contributed by atoms with E-state index in [1.165, 1.54) is 6.92 Å². The van der Waals surface area contributed by atoms with Crippen molar-refractivity contribution in [2.45, 2.75) is 50.0 Å². The Balaban J connectivity index is 1.71. The first-order chi connectivity index (χ1) is 15.7. The molecule has 5 atom stereocenters. The number of aliphatic hydroxyl groups is 3. The highest BCUT2D eigenvalue weighted by Crippen LogP contribution is 2.51. The maximum absolute atomic E-state index is 11.8. The van der Waals surface area contributed by atoms with E-state index in [0.717, 1.165) is 16.9 Å². The Hall–Kier alpha value is -2.20. The number of hydrogen-bond acceptors (Lipinski definition) is 8. The molecule has 0 radical (unpaired) electrons. The lowest BCUT2D eigenvalue weighted by Gasteiger charge is -2.47. The van der Waals surface area contributed by atoms with Crippen molar-refractivity contribution in [1.82, 2.24) is 0 Å². The number of hydrogen-bond donors (Lipinski definition) is 3. The van der Waals surface area contributed by atoms with Crippen molar-refractivity contribution in [2.24, 2.45) is 0 Å². The second kappa shape index (κ2) is 9.21. The highest BCUT2D eigenvalue weighted by Gasteiger charge is 2.68. The Bertz CT molecular complexity index is 1010. The van der Waals surface area contributed by atoms with Gasteiger partial charge in [-0.3, -0.25) is 4.79 Å². The number of esters is 1. The quantitative estimate of drug-likeness (QED) is 0.517. The van der Waals surface area contributed by atoms with Gasteiger partial charge in [0.25, 0.3) is 0 Å². The molecule has 178 valence electrons. The Morgan fingerprint density at radius 2 is 1.94 bits per heavy atom. The summed E-state index contributed by atoms with van der Waals surface area (Å²) in [5.41, 5.74) is 0.637. The monoisotopic (exact) mass is 478 g/mol. The molecule has 33 heavy (non-hydrogen) atoms. The van der Waals surface area contributed by atoms with Crippen LogP contribution in [-0.2, 0) is 31.2 Å². The van der Waals surface area contributed by atoms with E-state index >= 15 is 0 Å². The van der Waals surface area contributed by atoms with E-state index in [9.17, 15) is 20.1 Å². The summed E-state index contributed by atoms with van der Waals surface area (Å²) in [5.74, 6) is -1.62. The van der Waals surface area contributed by atoms with Gasteiger partial charge in [0.05, 0.1) is 19.8 Å². The first-order valence-corrected chi connectivity index (χ1v) is 11.1. The summed E-state index contributed by atoms with van der Waals surface area (Å²) in [7, 11) is 0. The second-order valence-corrected chi connectivity index (χ2v) is 8.71. The lowest BCUT2D eigenvalue weighted by molar-refractivity contribution is -0.331. The van der Waals surface area contributed by atoms with Gasteiger partial charge in [-0.15, -0.1) is 0 Å². The van der Waals surface area contributed by atoms with E-state index in [1.54, 1.807) is 18.2 Å². The molecule has 0 unspecified atom stereocenters. The molecule has 2 aromatic carbocycles. The van der Waals surface area contributed by atoms with Gasteiger partial charge in [-0.25, -0.2) is 0 Å². The highest BCUT2D eigenvalue weighted by molar-refractivity contribution is 6.31. The molecular formula is C24H27ClO8. The van der Waals surface area contributed by atoms with Gasteiger partial charge in [0.1, 0.15) is 23.6 Å². The lowest BCUT2D eigenvalue weighted by atomic mass is 9.83. The lowest BCUT2D eigenvalue weighted by Crippen LogP contribution is -2.66. The topological polar surface area (TPSA) is 115 Å². The van der Waals surface area contributed by atoms with E-state index in [1.807, 2.05) is 31.2 Å². The van der Waals surface area contributed by atoms with E-state index < -0.39 is 42.3 Å². The SMILES string of the molecule is CCOc1ccc(Cc2cc([C@]34OC[C@](CO)(O3)[C@@H](O)[C@H](O)[C@H]4OC(C)=O)ccc2Cl)cc1.